The highest BCUT2D eigenvalue weighted by Crippen LogP contribution is 2.54. The van der Waals surface area contributed by atoms with Crippen molar-refractivity contribution in [2.75, 3.05) is 67.7 Å². The van der Waals surface area contributed by atoms with E-state index in [1.54, 1.807) is 12.1 Å². The summed E-state index contributed by atoms with van der Waals surface area (Å²) in [4.78, 5) is 18.3. The van der Waals surface area contributed by atoms with Gasteiger partial charge in [0.05, 0.1) is 47.8 Å². The molecule has 0 aromatic heterocycles. The molecule has 3 heterocycles. The maximum absolute atomic E-state index is 13.8. The van der Waals surface area contributed by atoms with E-state index >= 15 is 0 Å². The monoisotopic (exact) mass is 570 g/mol. The molecule has 2 saturated heterocycles. The molecule has 1 aliphatic carbocycles. The molecule has 1 saturated carbocycles. The molecule has 0 unspecified atom stereocenters. The number of nitrogens with one attached hydrogen (secondary N) is 2. The van der Waals surface area contributed by atoms with Crippen molar-refractivity contribution in [2.45, 2.75) is 50.0 Å². The van der Waals surface area contributed by atoms with Crippen LogP contribution >= 0.6 is 0 Å². The molecule has 1 amide bonds. The van der Waals surface area contributed by atoms with Gasteiger partial charge >= 0.3 is 0 Å². The van der Waals surface area contributed by atoms with Crippen molar-refractivity contribution in [2.24, 2.45) is 5.41 Å². The van der Waals surface area contributed by atoms with Gasteiger partial charge in [-0.15, -0.1) is 0 Å². The number of hydrogen-bond donors (Lipinski definition) is 3. The number of aliphatic hydroxyl groups excluding tert-OH is 1. The minimum absolute atomic E-state index is 0.0710. The lowest BCUT2D eigenvalue weighted by atomic mass is 9.93. The lowest BCUT2D eigenvalue weighted by molar-refractivity contribution is 0.0530. The van der Waals surface area contributed by atoms with Gasteiger partial charge in [0.15, 0.2) is 0 Å². The van der Waals surface area contributed by atoms with Crippen LogP contribution in [0.5, 0.6) is 5.75 Å². The zero-order chi connectivity index (χ0) is 27.9. The van der Waals surface area contributed by atoms with Crippen LogP contribution in [0.1, 0.15) is 48.5 Å². The van der Waals surface area contributed by atoms with E-state index in [2.05, 4.69) is 26.8 Å². The van der Waals surface area contributed by atoms with Crippen LogP contribution in [0.4, 0.5) is 17.1 Å². The molecular formula is C29H38N4O6S. The van der Waals surface area contributed by atoms with Gasteiger partial charge in [0.25, 0.3) is 5.91 Å². The Morgan fingerprint density at radius 3 is 2.58 bits per heavy atom. The fourth-order valence-electron chi connectivity index (χ4n) is 6.12. The van der Waals surface area contributed by atoms with E-state index in [-0.39, 0.29) is 30.1 Å². The van der Waals surface area contributed by atoms with Crippen LogP contribution < -0.4 is 24.6 Å². The Kier molecular flexibility index (Phi) is 7.41. The highest BCUT2D eigenvalue weighted by atomic mass is 32.2. The number of piperidine rings is 1. The van der Waals surface area contributed by atoms with Gasteiger partial charge in [-0.1, -0.05) is 0 Å². The van der Waals surface area contributed by atoms with Crippen molar-refractivity contribution >= 4 is 33.0 Å². The summed E-state index contributed by atoms with van der Waals surface area (Å²) < 4.78 is 39.8. The number of rotatable bonds is 8. The van der Waals surface area contributed by atoms with Gasteiger partial charge < -0.3 is 29.7 Å². The number of morpholine rings is 1. The average molecular weight is 571 g/mol. The molecule has 2 aromatic carbocycles. The maximum Gasteiger partial charge on any atom is 0.257 e. The number of anilines is 3. The highest BCUT2D eigenvalue weighted by Gasteiger charge is 2.44. The minimum Gasteiger partial charge on any atom is -0.491 e. The van der Waals surface area contributed by atoms with Crippen molar-refractivity contribution < 1.29 is 27.8 Å². The Bertz CT molecular complexity index is 1380. The van der Waals surface area contributed by atoms with Gasteiger partial charge in [-0.25, -0.2) is 13.1 Å². The molecule has 0 radical (unpaired) electrons. The summed E-state index contributed by atoms with van der Waals surface area (Å²) in [6, 6.07) is 8.59. The Hall–Kier alpha value is -2.86. The molecule has 4 aliphatic rings. The topological polar surface area (TPSA) is 120 Å². The Morgan fingerprint density at radius 2 is 1.85 bits per heavy atom. The third-order valence-electron chi connectivity index (χ3n) is 8.65. The Labute approximate surface area is 235 Å². The van der Waals surface area contributed by atoms with Crippen molar-refractivity contribution in [3.05, 3.63) is 41.5 Å². The Morgan fingerprint density at radius 1 is 1.05 bits per heavy atom. The first-order valence-electron chi connectivity index (χ1n) is 14.2. The number of nitrogens with zero attached hydrogens (tertiary/aromatic N) is 2. The zero-order valence-corrected chi connectivity index (χ0v) is 23.8. The van der Waals surface area contributed by atoms with Crippen molar-refractivity contribution in [1.29, 1.82) is 0 Å². The summed E-state index contributed by atoms with van der Waals surface area (Å²) in [6.07, 6.45) is 5.47. The molecule has 216 valence electrons. The van der Waals surface area contributed by atoms with E-state index in [0.29, 0.717) is 35.6 Å². The standard InChI is InChI=1S/C29H38N4O6S/c1-20-19-33(12-15-38-20)26-17-22(16-21-4-14-39-27(21)26)31-28(35)24-3-2-23(40(36,37)30-9-13-34)18-25(24)32-10-7-29(5-6-29)8-11-32/h2-3,16-18,20,30,34H,4-15,19H2,1H3,(H,31,35)/t20-/m1/s1. The quantitative estimate of drug-likeness (QED) is 0.443. The van der Waals surface area contributed by atoms with Crippen molar-refractivity contribution in [3.63, 3.8) is 0 Å². The second-order valence-electron chi connectivity index (χ2n) is 11.5. The summed E-state index contributed by atoms with van der Waals surface area (Å²) in [5, 5.41) is 12.2. The SMILES string of the molecule is C[C@@H]1CN(c2cc(NC(=O)c3ccc(S(=O)(=O)NCCO)cc3N3CCC4(CC3)CC4)cc3c2OCC3)CCO1. The number of aliphatic hydroxyl groups is 1. The fourth-order valence-corrected chi connectivity index (χ4v) is 7.17. The number of carbonyl (C=O) groups is 1. The summed E-state index contributed by atoms with van der Waals surface area (Å²) >= 11 is 0. The van der Waals surface area contributed by atoms with Crippen LogP contribution in [0, 0.1) is 5.41 Å². The van der Waals surface area contributed by atoms with Gasteiger partial charge in [-0.3, -0.25) is 4.79 Å². The summed E-state index contributed by atoms with van der Waals surface area (Å²) in [6.45, 7) is 5.99. The van der Waals surface area contributed by atoms with Crippen molar-refractivity contribution in [3.8, 4) is 5.75 Å². The number of ether oxygens (including phenoxy) is 2. The van der Waals surface area contributed by atoms with Crippen LogP contribution in [0.2, 0.25) is 0 Å². The molecule has 10 nitrogen and oxygen atoms in total. The predicted molar refractivity (Wildman–Crippen MR) is 153 cm³/mol. The van der Waals surface area contributed by atoms with Gasteiger partial charge in [0, 0.05) is 50.4 Å². The van der Waals surface area contributed by atoms with E-state index in [1.807, 2.05) is 12.1 Å². The van der Waals surface area contributed by atoms with E-state index in [4.69, 9.17) is 14.6 Å². The van der Waals surface area contributed by atoms with Crippen LogP contribution in [0.15, 0.2) is 35.2 Å². The number of sulfonamides is 1. The van der Waals surface area contributed by atoms with Crippen molar-refractivity contribution in [1.82, 2.24) is 4.72 Å². The molecule has 2 aromatic rings. The minimum atomic E-state index is -3.82. The number of hydrogen-bond acceptors (Lipinski definition) is 8. The second-order valence-corrected chi connectivity index (χ2v) is 13.2. The number of amides is 1. The van der Waals surface area contributed by atoms with Crippen LogP contribution in [0.3, 0.4) is 0 Å². The molecule has 1 spiro atoms. The first-order chi connectivity index (χ1) is 19.3. The number of fused-ring (bicyclic) bond motifs is 1. The Balaban J connectivity index is 1.30. The fraction of sp³-hybridized carbons (Fsp3) is 0.552. The van der Waals surface area contributed by atoms with Gasteiger partial charge in [0.2, 0.25) is 10.0 Å². The largest absolute Gasteiger partial charge is 0.491 e. The van der Waals surface area contributed by atoms with Gasteiger partial charge in [-0.2, -0.15) is 0 Å². The molecule has 40 heavy (non-hydrogen) atoms. The van der Waals surface area contributed by atoms with E-state index in [9.17, 15) is 13.2 Å². The average Bonchev–Trinajstić information content (AvgIpc) is 3.53. The molecule has 3 aliphatic heterocycles. The molecule has 6 rings (SSSR count). The first kappa shape index (κ1) is 27.3. The van der Waals surface area contributed by atoms with E-state index < -0.39 is 10.0 Å². The smallest absolute Gasteiger partial charge is 0.257 e. The third kappa shape index (κ3) is 5.52. The molecule has 11 heteroatoms. The van der Waals surface area contributed by atoms with Gasteiger partial charge in [0.1, 0.15) is 5.75 Å². The van der Waals surface area contributed by atoms with Gasteiger partial charge in [-0.05, 0) is 68.4 Å². The second kappa shape index (κ2) is 10.8. The van der Waals surface area contributed by atoms with Crippen LogP contribution in [0.25, 0.3) is 0 Å². The summed E-state index contributed by atoms with van der Waals surface area (Å²) in [7, 11) is -3.82. The van der Waals surface area contributed by atoms with Crippen LogP contribution in [-0.2, 0) is 21.2 Å². The third-order valence-corrected chi connectivity index (χ3v) is 10.1. The highest BCUT2D eigenvalue weighted by molar-refractivity contribution is 7.89. The zero-order valence-electron chi connectivity index (χ0n) is 22.9. The number of benzene rings is 2. The molecular weight excluding hydrogens is 532 g/mol. The van der Waals surface area contributed by atoms with Crippen LogP contribution in [-0.4, -0.2) is 78.1 Å². The number of carbonyl (C=O) groups excluding carboxylic acids is 1. The molecule has 1 atom stereocenters. The summed E-state index contributed by atoms with van der Waals surface area (Å²) in [5.74, 6) is 0.592. The van der Waals surface area contributed by atoms with E-state index in [1.165, 1.54) is 18.9 Å². The maximum atomic E-state index is 13.8. The molecule has 3 fully saturated rings. The lowest BCUT2D eigenvalue weighted by Crippen LogP contribution is -2.41. The first-order valence-corrected chi connectivity index (χ1v) is 15.7. The summed E-state index contributed by atoms with van der Waals surface area (Å²) in [5.41, 5.74) is 4.20. The molecule has 3 N–H and O–H groups in total. The van der Waals surface area contributed by atoms with E-state index in [0.717, 1.165) is 62.4 Å². The predicted octanol–water partition coefficient (Wildman–Crippen LogP) is 2.75. The normalized spacial score (nSPS) is 21.7. The molecule has 0 bridgehead atoms. The lowest BCUT2D eigenvalue weighted by Gasteiger charge is -2.35.